The number of likely N-dealkylation sites (tertiary alicyclic amines) is 1. The highest BCUT2D eigenvalue weighted by molar-refractivity contribution is 5.96. The summed E-state index contributed by atoms with van der Waals surface area (Å²) in [5, 5.41) is 28.1. The second-order valence-corrected chi connectivity index (χ2v) is 12.1. The standard InChI is InChI=1S/C29H51N7O9/c1-15(2)22(26(41)32-17(5)24(39)33-19(29(44)45)11-12-21(37)38)35-27(42)23(16(3)4)34-25(40)20-10-8-14-36(20)28(43)18(31)9-6-7-13-30/h15-20,22-23H,6-14,30-31H2,1-5H3,(H,32,41)(H,33,39)(H,34,40)(H,35,42)(H,37,38)(H,44,45)/t17-,18-,19-,20-,22-,23-/m0/s1. The van der Waals surface area contributed by atoms with E-state index in [2.05, 4.69) is 21.3 Å². The van der Waals surface area contributed by atoms with E-state index >= 15 is 0 Å². The van der Waals surface area contributed by atoms with E-state index in [1.54, 1.807) is 27.7 Å². The maximum Gasteiger partial charge on any atom is 0.326 e. The highest BCUT2D eigenvalue weighted by Crippen LogP contribution is 2.20. The van der Waals surface area contributed by atoms with E-state index in [9.17, 15) is 38.7 Å². The third-order valence-electron chi connectivity index (χ3n) is 7.63. The Labute approximate surface area is 263 Å². The van der Waals surface area contributed by atoms with Crippen LogP contribution in [0.15, 0.2) is 0 Å². The van der Waals surface area contributed by atoms with Gasteiger partial charge in [-0.05, 0) is 57.4 Å². The fourth-order valence-corrected chi connectivity index (χ4v) is 4.90. The van der Waals surface area contributed by atoms with Crippen LogP contribution in [0.2, 0.25) is 0 Å². The number of amides is 5. The molecule has 16 nitrogen and oxygen atoms in total. The SMILES string of the molecule is CC(C)[C@H](NC(=O)[C@@H](NC(=O)[C@@H]1CCCN1C(=O)[C@@H](N)CCCCN)C(C)C)C(=O)N[C@@H](C)C(=O)N[C@@H](CCC(=O)O)C(=O)O. The lowest BCUT2D eigenvalue weighted by molar-refractivity contribution is -0.143. The number of nitrogens with zero attached hydrogens (tertiary/aromatic N) is 1. The fraction of sp³-hybridized carbons (Fsp3) is 0.759. The fourth-order valence-electron chi connectivity index (χ4n) is 4.90. The average molecular weight is 642 g/mol. The van der Waals surface area contributed by atoms with Crippen LogP contribution < -0.4 is 32.7 Å². The molecule has 0 aliphatic carbocycles. The molecule has 0 saturated carbocycles. The number of carbonyl (C=O) groups excluding carboxylic acids is 5. The quantitative estimate of drug-likeness (QED) is 0.0765. The van der Waals surface area contributed by atoms with Crippen molar-refractivity contribution in [2.45, 2.75) is 116 Å². The number of hydrogen-bond donors (Lipinski definition) is 8. The summed E-state index contributed by atoms with van der Waals surface area (Å²) in [6.45, 7) is 8.95. The van der Waals surface area contributed by atoms with Gasteiger partial charge in [0.15, 0.2) is 0 Å². The number of nitrogens with two attached hydrogens (primary N) is 2. The minimum atomic E-state index is -1.47. The monoisotopic (exact) mass is 641 g/mol. The Balaban J connectivity index is 2.91. The molecule has 1 rings (SSSR count). The normalized spacial score (nSPS) is 18.0. The lowest BCUT2D eigenvalue weighted by atomic mass is 9.99. The van der Waals surface area contributed by atoms with Crippen molar-refractivity contribution in [3.8, 4) is 0 Å². The lowest BCUT2D eigenvalue weighted by Crippen LogP contribution is -2.60. The highest BCUT2D eigenvalue weighted by atomic mass is 16.4. The van der Waals surface area contributed by atoms with Gasteiger partial charge in [-0.15, -0.1) is 0 Å². The summed E-state index contributed by atoms with van der Waals surface area (Å²) >= 11 is 0. The van der Waals surface area contributed by atoms with E-state index < -0.39 is 90.1 Å². The number of aliphatic carboxylic acids is 2. The van der Waals surface area contributed by atoms with E-state index in [0.29, 0.717) is 38.8 Å². The molecule has 0 spiro atoms. The number of nitrogens with one attached hydrogen (secondary N) is 4. The summed E-state index contributed by atoms with van der Waals surface area (Å²) in [6, 6.07) is -6.40. The molecule has 1 aliphatic rings. The van der Waals surface area contributed by atoms with E-state index in [-0.39, 0.29) is 12.3 Å². The number of carbonyl (C=O) groups is 7. The summed E-state index contributed by atoms with van der Waals surface area (Å²) in [6.07, 6.45) is 2.05. The van der Waals surface area contributed by atoms with Crippen molar-refractivity contribution in [3.63, 3.8) is 0 Å². The van der Waals surface area contributed by atoms with Crippen molar-refractivity contribution >= 4 is 41.5 Å². The van der Waals surface area contributed by atoms with Crippen molar-refractivity contribution in [1.82, 2.24) is 26.2 Å². The molecule has 0 aromatic heterocycles. The molecule has 0 aromatic rings. The molecule has 0 unspecified atom stereocenters. The van der Waals surface area contributed by atoms with E-state index in [4.69, 9.17) is 16.6 Å². The molecule has 45 heavy (non-hydrogen) atoms. The Morgan fingerprint density at radius 3 is 1.91 bits per heavy atom. The predicted molar refractivity (Wildman–Crippen MR) is 163 cm³/mol. The number of unbranched alkanes of at least 4 members (excludes halogenated alkanes) is 1. The molecule has 5 amide bonds. The van der Waals surface area contributed by atoms with Crippen molar-refractivity contribution < 1.29 is 43.8 Å². The predicted octanol–water partition coefficient (Wildman–Crippen LogP) is -1.35. The van der Waals surface area contributed by atoms with Crippen LogP contribution in [-0.4, -0.2) is 106 Å². The van der Waals surface area contributed by atoms with Gasteiger partial charge in [-0.3, -0.25) is 28.8 Å². The Morgan fingerprint density at radius 2 is 1.38 bits per heavy atom. The third-order valence-corrected chi connectivity index (χ3v) is 7.63. The molecular weight excluding hydrogens is 590 g/mol. The molecule has 256 valence electrons. The van der Waals surface area contributed by atoms with Crippen LogP contribution in [-0.2, 0) is 33.6 Å². The molecule has 0 radical (unpaired) electrons. The Morgan fingerprint density at radius 1 is 0.800 bits per heavy atom. The Kier molecular flexibility index (Phi) is 16.5. The maximum absolute atomic E-state index is 13.4. The third kappa shape index (κ3) is 12.6. The van der Waals surface area contributed by atoms with Gasteiger partial charge in [-0.25, -0.2) is 4.79 Å². The van der Waals surface area contributed by atoms with Crippen LogP contribution in [0.4, 0.5) is 0 Å². The molecule has 0 bridgehead atoms. The minimum Gasteiger partial charge on any atom is -0.481 e. The first-order valence-electron chi connectivity index (χ1n) is 15.4. The van der Waals surface area contributed by atoms with Gasteiger partial charge in [0.05, 0.1) is 6.04 Å². The smallest absolute Gasteiger partial charge is 0.326 e. The van der Waals surface area contributed by atoms with Crippen LogP contribution in [0.5, 0.6) is 0 Å². The van der Waals surface area contributed by atoms with Crippen LogP contribution >= 0.6 is 0 Å². The van der Waals surface area contributed by atoms with Crippen molar-refractivity contribution in [1.29, 1.82) is 0 Å². The number of hydrogen-bond acceptors (Lipinski definition) is 9. The minimum absolute atomic E-state index is 0.332. The molecule has 16 heteroatoms. The zero-order valence-electron chi connectivity index (χ0n) is 26.8. The molecule has 1 saturated heterocycles. The molecule has 10 N–H and O–H groups in total. The van der Waals surface area contributed by atoms with Crippen molar-refractivity contribution in [3.05, 3.63) is 0 Å². The molecular formula is C29H51N7O9. The van der Waals surface area contributed by atoms with Gasteiger partial charge in [0, 0.05) is 13.0 Å². The topological polar surface area (TPSA) is 263 Å². The number of carboxylic acid groups (broad SMARTS) is 2. The van der Waals surface area contributed by atoms with Crippen molar-refractivity contribution in [2.24, 2.45) is 23.3 Å². The Hall–Kier alpha value is -3.79. The van der Waals surface area contributed by atoms with Crippen LogP contribution in [0.25, 0.3) is 0 Å². The maximum atomic E-state index is 13.4. The largest absolute Gasteiger partial charge is 0.481 e. The molecule has 6 atom stereocenters. The summed E-state index contributed by atoms with van der Waals surface area (Å²) in [5.74, 6) is -6.53. The molecule has 1 fully saturated rings. The first-order valence-corrected chi connectivity index (χ1v) is 15.4. The van der Waals surface area contributed by atoms with Crippen LogP contribution in [0.1, 0.15) is 79.6 Å². The second kappa shape index (κ2) is 18.9. The van der Waals surface area contributed by atoms with Gasteiger partial charge in [0.2, 0.25) is 29.5 Å². The van der Waals surface area contributed by atoms with Crippen LogP contribution in [0, 0.1) is 11.8 Å². The van der Waals surface area contributed by atoms with Crippen LogP contribution in [0.3, 0.4) is 0 Å². The van der Waals surface area contributed by atoms with E-state index in [0.717, 1.165) is 6.42 Å². The Bertz CT molecular complexity index is 1070. The van der Waals surface area contributed by atoms with Gasteiger partial charge in [-0.2, -0.15) is 0 Å². The van der Waals surface area contributed by atoms with Gasteiger partial charge >= 0.3 is 11.9 Å². The van der Waals surface area contributed by atoms with E-state index in [1.165, 1.54) is 11.8 Å². The first-order chi connectivity index (χ1) is 21.0. The van der Waals surface area contributed by atoms with Gasteiger partial charge in [0.1, 0.15) is 30.2 Å². The number of rotatable bonds is 19. The molecule has 1 heterocycles. The van der Waals surface area contributed by atoms with Crippen molar-refractivity contribution in [2.75, 3.05) is 13.1 Å². The lowest BCUT2D eigenvalue weighted by Gasteiger charge is -2.31. The molecule has 1 aliphatic heterocycles. The van der Waals surface area contributed by atoms with E-state index in [1.807, 2.05) is 0 Å². The zero-order valence-corrected chi connectivity index (χ0v) is 26.8. The summed E-state index contributed by atoms with van der Waals surface area (Å²) in [5.41, 5.74) is 11.6. The highest BCUT2D eigenvalue weighted by Gasteiger charge is 2.39. The second-order valence-electron chi connectivity index (χ2n) is 12.1. The summed E-state index contributed by atoms with van der Waals surface area (Å²) in [4.78, 5) is 89.0. The summed E-state index contributed by atoms with van der Waals surface area (Å²) in [7, 11) is 0. The first kappa shape index (κ1) is 39.2. The van der Waals surface area contributed by atoms with Gasteiger partial charge in [0.25, 0.3) is 0 Å². The summed E-state index contributed by atoms with van der Waals surface area (Å²) < 4.78 is 0. The van der Waals surface area contributed by atoms with Gasteiger partial charge in [-0.1, -0.05) is 34.1 Å². The average Bonchev–Trinajstić information content (AvgIpc) is 3.45. The number of carboxylic acids is 2. The van der Waals surface area contributed by atoms with Gasteiger partial charge < -0.3 is 47.8 Å². The molecule has 0 aromatic carbocycles. The zero-order chi connectivity index (χ0) is 34.4.